The second-order valence-corrected chi connectivity index (χ2v) is 8.20. The van der Waals surface area contributed by atoms with Gasteiger partial charge in [0.15, 0.2) is 0 Å². The Hall–Kier alpha value is -3.70. The summed E-state index contributed by atoms with van der Waals surface area (Å²) >= 11 is 0. The predicted octanol–water partition coefficient (Wildman–Crippen LogP) is 0.187. The summed E-state index contributed by atoms with van der Waals surface area (Å²) in [6.07, 6.45) is 6.62. The topological polar surface area (TPSA) is 192 Å². The van der Waals surface area contributed by atoms with E-state index < -0.39 is 35.9 Å². The van der Waals surface area contributed by atoms with Gasteiger partial charge in [0.2, 0.25) is 11.8 Å². The highest BCUT2D eigenvalue weighted by atomic mass is 16.4. The molecular formula is C23H31N7O4. The number of benzene rings is 1. The lowest BCUT2D eigenvalue weighted by molar-refractivity contribution is -0.142. The van der Waals surface area contributed by atoms with Gasteiger partial charge in [0.1, 0.15) is 12.1 Å². The van der Waals surface area contributed by atoms with Gasteiger partial charge in [0, 0.05) is 35.4 Å². The molecule has 3 aromatic rings. The predicted molar refractivity (Wildman–Crippen MR) is 127 cm³/mol. The Balaban J connectivity index is 1.68. The summed E-state index contributed by atoms with van der Waals surface area (Å²) in [5.41, 5.74) is 14.1. The molecule has 0 saturated heterocycles. The van der Waals surface area contributed by atoms with Crippen molar-refractivity contribution in [1.82, 2.24) is 25.6 Å². The quantitative estimate of drug-likeness (QED) is 0.174. The fourth-order valence-electron chi connectivity index (χ4n) is 3.76. The number of nitrogens with one attached hydrogen (secondary N) is 4. The van der Waals surface area contributed by atoms with Crippen LogP contribution in [0.4, 0.5) is 0 Å². The molecular weight excluding hydrogens is 438 g/mol. The number of carboxylic acids is 1. The molecule has 3 rings (SSSR count). The molecule has 0 aliphatic rings. The Bertz CT molecular complexity index is 1100. The normalized spacial score (nSPS) is 13.8. The lowest BCUT2D eigenvalue weighted by Crippen LogP contribution is -2.55. The van der Waals surface area contributed by atoms with Crippen LogP contribution in [0, 0.1) is 0 Å². The van der Waals surface area contributed by atoms with Gasteiger partial charge in [-0.05, 0) is 43.9 Å². The molecule has 3 atom stereocenters. The number of nitrogens with two attached hydrogens (primary N) is 2. The second kappa shape index (κ2) is 12.0. The smallest absolute Gasteiger partial charge is 0.326 e. The number of rotatable bonds is 13. The third kappa shape index (κ3) is 6.65. The van der Waals surface area contributed by atoms with Gasteiger partial charge >= 0.3 is 5.97 Å². The SMILES string of the molecule is NCCCC[C@H](NC(=O)[C@H](Cc1cnc[nH]1)NC(=O)[C@@H](N)Cc1c[nH]c2ccccc12)C(=O)O. The monoisotopic (exact) mass is 469 g/mol. The Labute approximate surface area is 196 Å². The Morgan fingerprint density at radius 3 is 2.50 bits per heavy atom. The van der Waals surface area contributed by atoms with Crippen LogP contribution < -0.4 is 22.1 Å². The first-order chi connectivity index (χ1) is 16.4. The summed E-state index contributed by atoms with van der Waals surface area (Å²) in [5, 5.41) is 15.7. The molecule has 0 aliphatic carbocycles. The van der Waals surface area contributed by atoms with Crippen LogP contribution in [-0.4, -0.2) is 62.5 Å². The molecule has 0 fully saturated rings. The van der Waals surface area contributed by atoms with Gasteiger partial charge in [-0.1, -0.05) is 18.2 Å². The van der Waals surface area contributed by atoms with Crippen molar-refractivity contribution in [3.05, 3.63) is 54.2 Å². The number of aromatic amines is 2. The van der Waals surface area contributed by atoms with Gasteiger partial charge < -0.3 is 37.2 Å². The number of hydrogen-bond donors (Lipinski definition) is 7. The summed E-state index contributed by atoms with van der Waals surface area (Å²) in [6.45, 7) is 0.438. The molecule has 0 aliphatic heterocycles. The van der Waals surface area contributed by atoms with E-state index in [9.17, 15) is 19.5 Å². The van der Waals surface area contributed by atoms with E-state index in [1.54, 1.807) is 0 Å². The number of para-hydroxylation sites is 1. The first-order valence-corrected chi connectivity index (χ1v) is 11.2. The molecule has 1 aromatic carbocycles. The van der Waals surface area contributed by atoms with Crippen LogP contribution in [0.15, 0.2) is 43.0 Å². The standard InChI is InChI=1S/C23H31N7O4/c24-8-4-3-7-19(23(33)34)29-22(32)20(10-15-12-26-13-28-15)30-21(31)17(25)9-14-11-27-18-6-2-1-5-16(14)18/h1-2,5-6,11-13,17,19-20,27H,3-4,7-10,24-25H2,(H,26,28)(H,29,32)(H,30,31)(H,33,34)/t17-,19-,20-/m0/s1. The molecule has 0 bridgehead atoms. The van der Waals surface area contributed by atoms with Crippen molar-refractivity contribution in [2.45, 2.75) is 50.2 Å². The molecule has 0 unspecified atom stereocenters. The third-order valence-corrected chi connectivity index (χ3v) is 5.62. The number of carbonyl (C=O) groups excluding carboxylic acids is 2. The number of carbonyl (C=O) groups is 3. The lowest BCUT2D eigenvalue weighted by Gasteiger charge is -2.22. The Morgan fingerprint density at radius 2 is 1.79 bits per heavy atom. The van der Waals surface area contributed by atoms with E-state index in [0.717, 1.165) is 16.5 Å². The van der Waals surface area contributed by atoms with Crippen LogP contribution in [0.25, 0.3) is 10.9 Å². The summed E-state index contributed by atoms with van der Waals surface area (Å²) in [6, 6.07) is 4.67. The van der Waals surface area contributed by atoms with Crippen molar-refractivity contribution in [1.29, 1.82) is 0 Å². The van der Waals surface area contributed by atoms with Crippen molar-refractivity contribution in [2.75, 3.05) is 6.54 Å². The number of aromatic nitrogens is 3. The molecule has 0 spiro atoms. The van der Waals surface area contributed by atoms with E-state index in [-0.39, 0.29) is 19.3 Å². The minimum Gasteiger partial charge on any atom is -0.480 e. The maximum Gasteiger partial charge on any atom is 0.326 e. The molecule has 11 heteroatoms. The molecule has 2 aromatic heterocycles. The van der Waals surface area contributed by atoms with Crippen molar-refractivity contribution in [3.8, 4) is 0 Å². The third-order valence-electron chi connectivity index (χ3n) is 5.62. The van der Waals surface area contributed by atoms with Crippen LogP contribution in [0.5, 0.6) is 0 Å². The number of hydrogen-bond acceptors (Lipinski definition) is 6. The van der Waals surface area contributed by atoms with Gasteiger partial charge in [0.25, 0.3) is 0 Å². The van der Waals surface area contributed by atoms with Crippen molar-refractivity contribution < 1.29 is 19.5 Å². The largest absolute Gasteiger partial charge is 0.480 e. The number of imidazole rings is 1. The fraction of sp³-hybridized carbons (Fsp3) is 0.391. The number of carboxylic acid groups (broad SMARTS) is 1. The molecule has 182 valence electrons. The van der Waals surface area contributed by atoms with Crippen LogP contribution in [0.2, 0.25) is 0 Å². The molecule has 34 heavy (non-hydrogen) atoms. The Kier molecular flexibility index (Phi) is 8.77. The molecule has 0 radical (unpaired) electrons. The van der Waals surface area contributed by atoms with Crippen molar-refractivity contribution >= 4 is 28.7 Å². The van der Waals surface area contributed by atoms with Crippen LogP contribution in [-0.2, 0) is 27.2 Å². The summed E-state index contributed by atoms with van der Waals surface area (Å²) in [5.74, 6) is -2.27. The van der Waals surface area contributed by atoms with Crippen LogP contribution >= 0.6 is 0 Å². The first-order valence-electron chi connectivity index (χ1n) is 11.2. The molecule has 0 saturated carbocycles. The fourth-order valence-corrected chi connectivity index (χ4v) is 3.76. The minimum absolute atomic E-state index is 0.104. The van der Waals surface area contributed by atoms with E-state index in [1.807, 2.05) is 30.5 Å². The highest BCUT2D eigenvalue weighted by Gasteiger charge is 2.28. The number of aliphatic carboxylic acids is 1. The van der Waals surface area contributed by atoms with E-state index in [1.165, 1.54) is 12.5 Å². The average Bonchev–Trinajstić information content (AvgIpc) is 3.48. The van der Waals surface area contributed by atoms with Crippen LogP contribution in [0.1, 0.15) is 30.5 Å². The number of amides is 2. The van der Waals surface area contributed by atoms with Gasteiger partial charge in [-0.2, -0.15) is 0 Å². The van der Waals surface area contributed by atoms with E-state index in [0.29, 0.717) is 25.1 Å². The summed E-state index contributed by atoms with van der Waals surface area (Å²) < 4.78 is 0. The number of H-pyrrole nitrogens is 2. The highest BCUT2D eigenvalue weighted by Crippen LogP contribution is 2.18. The average molecular weight is 470 g/mol. The lowest BCUT2D eigenvalue weighted by atomic mass is 10.0. The zero-order valence-corrected chi connectivity index (χ0v) is 18.8. The van der Waals surface area contributed by atoms with Gasteiger partial charge in [0.05, 0.1) is 12.4 Å². The first kappa shape index (κ1) is 24.9. The molecule has 2 amide bonds. The summed E-state index contributed by atoms with van der Waals surface area (Å²) in [4.78, 5) is 47.5. The molecule has 2 heterocycles. The van der Waals surface area contributed by atoms with Gasteiger partial charge in [-0.15, -0.1) is 0 Å². The second-order valence-electron chi connectivity index (χ2n) is 8.20. The summed E-state index contributed by atoms with van der Waals surface area (Å²) in [7, 11) is 0. The molecule has 9 N–H and O–H groups in total. The zero-order valence-electron chi connectivity index (χ0n) is 18.8. The number of nitrogens with zero attached hydrogens (tertiary/aromatic N) is 1. The van der Waals surface area contributed by atoms with E-state index in [4.69, 9.17) is 11.5 Å². The number of unbranched alkanes of at least 4 members (excludes halogenated alkanes) is 1. The maximum absolute atomic E-state index is 13.0. The van der Waals surface area contributed by atoms with E-state index in [2.05, 4.69) is 25.6 Å². The highest BCUT2D eigenvalue weighted by molar-refractivity contribution is 5.92. The minimum atomic E-state index is -1.15. The Morgan fingerprint density at radius 1 is 1.03 bits per heavy atom. The van der Waals surface area contributed by atoms with Crippen molar-refractivity contribution in [2.24, 2.45) is 11.5 Å². The van der Waals surface area contributed by atoms with Gasteiger partial charge in [-0.3, -0.25) is 9.59 Å². The molecule has 11 nitrogen and oxygen atoms in total. The maximum atomic E-state index is 13.0. The van der Waals surface area contributed by atoms with Crippen LogP contribution in [0.3, 0.4) is 0 Å². The van der Waals surface area contributed by atoms with E-state index >= 15 is 0 Å². The van der Waals surface area contributed by atoms with Crippen molar-refractivity contribution in [3.63, 3.8) is 0 Å². The van der Waals surface area contributed by atoms with Gasteiger partial charge in [-0.25, -0.2) is 9.78 Å². The zero-order chi connectivity index (χ0) is 24.5. The number of fused-ring (bicyclic) bond motifs is 1.